The lowest BCUT2D eigenvalue weighted by Gasteiger charge is -2.36. The average Bonchev–Trinajstić information content (AvgIpc) is 2.77. The van der Waals surface area contributed by atoms with Crippen molar-refractivity contribution in [2.45, 2.75) is 31.6 Å². The fraction of sp³-hybridized carbons (Fsp3) is 0.292. The lowest BCUT2D eigenvalue weighted by atomic mass is 9.69. The number of Topliss-reactive ketones (excluding diaryl/α,β-unsaturated/α-hetero) is 1. The number of ether oxygens (including phenoxy) is 1. The third-order valence-electron chi connectivity index (χ3n) is 6.13. The molecule has 8 heteroatoms. The number of carbonyl (C=O) groups is 2. The van der Waals surface area contributed by atoms with E-state index in [2.05, 4.69) is 4.99 Å². The number of hydrogen-bond acceptors (Lipinski definition) is 6. The van der Waals surface area contributed by atoms with Gasteiger partial charge >= 0.3 is 5.97 Å². The maximum atomic E-state index is 13.4. The van der Waals surface area contributed by atoms with Gasteiger partial charge in [-0.3, -0.25) is 24.7 Å². The number of allylic oxidation sites excluding steroid dienone is 2. The van der Waals surface area contributed by atoms with Crippen molar-refractivity contribution >= 4 is 34.8 Å². The number of hydrogen-bond donors (Lipinski definition) is 0. The summed E-state index contributed by atoms with van der Waals surface area (Å²) in [5.74, 6) is -2.34. The van der Waals surface area contributed by atoms with Crippen molar-refractivity contribution in [3.63, 3.8) is 0 Å². The molecule has 1 aliphatic heterocycles. The van der Waals surface area contributed by atoms with Crippen molar-refractivity contribution in [1.82, 2.24) is 0 Å². The fourth-order valence-electron chi connectivity index (χ4n) is 4.71. The highest BCUT2D eigenvalue weighted by Crippen LogP contribution is 2.47. The van der Waals surface area contributed by atoms with Gasteiger partial charge in [-0.05, 0) is 36.5 Å². The number of ketones is 1. The maximum absolute atomic E-state index is 13.4. The summed E-state index contributed by atoms with van der Waals surface area (Å²) in [5, 5.41) is 11.9. The molecule has 32 heavy (non-hydrogen) atoms. The number of nitrogens with zero attached hydrogens (tertiary/aromatic N) is 2. The molecule has 1 aliphatic carbocycles. The first-order valence-electron chi connectivity index (χ1n) is 10.2. The van der Waals surface area contributed by atoms with Crippen molar-refractivity contribution in [2.24, 2.45) is 10.9 Å². The first kappa shape index (κ1) is 21.9. The van der Waals surface area contributed by atoms with Crippen molar-refractivity contribution in [3.05, 3.63) is 86.1 Å². The maximum Gasteiger partial charge on any atom is 0.315 e. The Bertz CT molecular complexity index is 1190. The Hall–Kier alpha value is -3.32. The molecular formula is C24H21ClN2O5. The number of nitro benzene ring substituents is 1. The molecule has 0 aromatic heterocycles. The second-order valence-corrected chi connectivity index (χ2v) is 8.40. The van der Waals surface area contributed by atoms with Gasteiger partial charge in [-0.25, -0.2) is 0 Å². The Morgan fingerprint density at radius 2 is 1.94 bits per heavy atom. The predicted molar refractivity (Wildman–Crippen MR) is 120 cm³/mol. The Labute approximate surface area is 189 Å². The summed E-state index contributed by atoms with van der Waals surface area (Å²) in [6, 6.07) is 13.5. The minimum absolute atomic E-state index is 0.106. The second-order valence-electron chi connectivity index (χ2n) is 7.99. The molecule has 0 saturated carbocycles. The van der Waals surface area contributed by atoms with E-state index in [9.17, 15) is 19.7 Å². The van der Waals surface area contributed by atoms with Crippen LogP contribution < -0.4 is 0 Å². The van der Waals surface area contributed by atoms with Gasteiger partial charge in [0.2, 0.25) is 0 Å². The number of rotatable bonds is 4. The number of methoxy groups -OCH3 is 1. The van der Waals surface area contributed by atoms with E-state index in [1.165, 1.54) is 19.2 Å². The number of halogens is 1. The molecule has 4 rings (SSSR count). The van der Waals surface area contributed by atoms with E-state index < -0.39 is 22.7 Å². The standard InChI is InChI=1S/C24H21ClN2O5/c1-13-21(24(29)32-2)22(14-6-5-7-16(10-14)27(30)31)23-19(26-13)11-15(12-20(23)28)17-8-3-4-9-18(17)25/h3-10,15,21-22H,11-12H2,1-2H3/t15-,21?,22+/m0/s1. The molecule has 1 unspecified atom stereocenters. The van der Waals surface area contributed by atoms with Crippen LogP contribution in [0.1, 0.15) is 42.7 Å². The SMILES string of the molecule is COC(=O)C1C(C)=NC2=C(C(=O)C[C@@H](c3ccccc3Cl)C2)[C@@H]1c1cccc([N+](=O)[O-])c1. The highest BCUT2D eigenvalue weighted by Gasteiger charge is 2.45. The first-order valence-corrected chi connectivity index (χ1v) is 10.6. The van der Waals surface area contributed by atoms with Crippen LogP contribution in [0.5, 0.6) is 0 Å². The highest BCUT2D eigenvalue weighted by molar-refractivity contribution is 6.31. The minimum atomic E-state index is -0.832. The van der Waals surface area contributed by atoms with Gasteiger partial charge in [-0.2, -0.15) is 0 Å². The summed E-state index contributed by atoms with van der Waals surface area (Å²) in [6.07, 6.45) is 0.706. The lowest BCUT2D eigenvalue weighted by molar-refractivity contribution is -0.384. The molecule has 0 spiro atoms. The summed E-state index contributed by atoms with van der Waals surface area (Å²) >= 11 is 6.38. The molecule has 2 aromatic carbocycles. The number of non-ortho nitro benzene ring substituents is 1. The number of carbonyl (C=O) groups excluding carboxylic acids is 2. The number of benzene rings is 2. The van der Waals surface area contributed by atoms with Crippen LogP contribution in [0.4, 0.5) is 5.69 Å². The third-order valence-corrected chi connectivity index (χ3v) is 6.47. The molecule has 0 bridgehead atoms. The molecule has 0 radical (unpaired) electrons. The van der Waals surface area contributed by atoms with Crippen LogP contribution in [0.2, 0.25) is 5.02 Å². The van der Waals surface area contributed by atoms with Crippen LogP contribution in [-0.4, -0.2) is 29.5 Å². The summed E-state index contributed by atoms with van der Waals surface area (Å²) < 4.78 is 5.01. The van der Waals surface area contributed by atoms with Crippen molar-refractivity contribution in [3.8, 4) is 0 Å². The topological polar surface area (TPSA) is 98.9 Å². The van der Waals surface area contributed by atoms with E-state index >= 15 is 0 Å². The Morgan fingerprint density at radius 3 is 2.62 bits per heavy atom. The van der Waals surface area contributed by atoms with E-state index in [-0.39, 0.29) is 23.8 Å². The smallest absolute Gasteiger partial charge is 0.315 e. The van der Waals surface area contributed by atoms with Crippen LogP contribution in [0.3, 0.4) is 0 Å². The molecule has 2 aromatic rings. The average molecular weight is 453 g/mol. The zero-order valence-electron chi connectivity index (χ0n) is 17.6. The summed E-state index contributed by atoms with van der Waals surface area (Å²) in [6.45, 7) is 1.72. The van der Waals surface area contributed by atoms with E-state index in [1.54, 1.807) is 25.1 Å². The molecule has 3 atom stereocenters. The van der Waals surface area contributed by atoms with Crippen molar-refractivity contribution in [1.29, 1.82) is 0 Å². The lowest BCUT2D eigenvalue weighted by Crippen LogP contribution is -2.37. The Morgan fingerprint density at radius 1 is 1.19 bits per heavy atom. The summed E-state index contributed by atoms with van der Waals surface area (Å²) in [7, 11) is 1.28. The van der Waals surface area contributed by atoms with Crippen LogP contribution >= 0.6 is 11.6 Å². The second kappa shape index (κ2) is 8.67. The number of aliphatic imine (C=N–C) groups is 1. The van der Waals surface area contributed by atoms with Gasteiger partial charge < -0.3 is 4.74 Å². The van der Waals surface area contributed by atoms with Gasteiger partial charge in [-0.15, -0.1) is 0 Å². The fourth-order valence-corrected chi connectivity index (χ4v) is 5.00. The third kappa shape index (κ3) is 3.84. The molecule has 0 fully saturated rings. The van der Waals surface area contributed by atoms with E-state index in [0.29, 0.717) is 34.0 Å². The van der Waals surface area contributed by atoms with Gasteiger partial charge in [0.05, 0.1) is 12.0 Å². The largest absolute Gasteiger partial charge is 0.468 e. The molecular weight excluding hydrogens is 432 g/mol. The minimum Gasteiger partial charge on any atom is -0.468 e. The number of esters is 1. The van der Waals surface area contributed by atoms with Gasteiger partial charge in [0.25, 0.3) is 5.69 Å². The van der Waals surface area contributed by atoms with Gasteiger partial charge in [0.1, 0.15) is 5.92 Å². The van der Waals surface area contributed by atoms with Gasteiger partial charge in [-0.1, -0.05) is 41.9 Å². The van der Waals surface area contributed by atoms with E-state index in [1.807, 2.05) is 18.2 Å². The quantitative estimate of drug-likeness (QED) is 0.369. The normalized spacial score (nSPS) is 22.8. The summed E-state index contributed by atoms with van der Waals surface area (Å²) in [4.78, 5) is 41.6. The van der Waals surface area contributed by atoms with Gasteiger partial charge in [0, 0.05) is 46.5 Å². The Kier molecular flexibility index (Phi) is 5.93. The Balaban J connectivity index is 1.85. The molecule has 0 amide bonds. The van der Waals surface area contributed by atoms with Gasteiger partial charge in [0.15, 0.2) is 5.78 Å². The highest BCUT2D eigenvalue weighted by atomic mass is 35.5. The van der Waals surface area contributed by atoms with Crippen molar-refractivity contribution < 1.29 is 19.2 Å². The summed E-state index contributed by atoms with van der Waals surface area (Å²) in [5.41, 5.74) is 2.82. The first-order chi connectivity index (χ1) is 15.3. The molecule has 0 saturated heterocycles. The number of nitro groups is 1. The van der Waals surface area contributed by atoms with E-state index in [4.69, 9.17) is 16.3 Å². The van der Waals surface area contributed by atoms with Crippen LogP contribution in [0.15, 0.2) is 64.8 Å². The molecule has 164 valence electrons. The molecule has 1 heterocycles. The predicted octanol–water partition coefficient (Wildman–Crippen LogP) is 5.00. The van der Waals surface area contributed by atoms with Crippen LogP contribution in [0.25, 0.3) is 0 Å². The molecule has 0 N–H and O–H groups in total. The molecule has 2 aliphatic rings. The zero-order chi connectivity index (χ0) is 23.0. The van der Waals surface area contributed by atoms with Crippen molar-refractivity contribution in [2.75, 3.05) is 7.11 Å². The van der Waals surface area contributed by atoms with E-state index in [0.717, 1.165) is 5.56 Å². The van der Waals surface area contributed by atoms with Crippen LogP contribution in [-0.2, 0) is 14.3 Å². The van der Waals surface area contributed by atoms with Crippen LogP contribution in [0, 0.1) is 16.0 Å². The zero-order valence-corrected chi connectivity index (χ0v) is 18.3. The molecule has 7 nitrogen and oxygen atoms in total. The monoisotopic (exact) mass is 452 g/mol.